The lowest BCUT2D eigenvalue weighted by Gasteiger charge is -2.37. The molecule has 2 saturated carbocycles. The topological polar surface area (TPSA) is 40.5 Å². The molecule has 2 rings (SSSR count). The SMILES string of the molecule is CC(C)C(C(C)C)[C@H]1CC2C[C@H](C(C(C)C)C(C)C)C(O)C2C1O. The molecule has 2 nitrogen and oxygen atoms in total. The summed E-state index contributed by atoms with van der Waals surface area (Å²) >= 11 is 0. The molecule has 2 N–H and O–H groups in total. The van der Waals surface area contributed by atoms with Crippen molar-refractivity contribution in [3.8, 4) is 0 Å². The van der Waals surface area contributed by atoms with Crippen LogP contribution in [0.15, 0.2) is 0 Å². The monoisotopic (exact) mass is 338 g/mol. The van der Waals surface area contributed by atoms with Gasteiger partial charge in [0, 0.05) is 5.92 Å². The van der Waals surface area contributed by atoms with E-state index in [0.717, 1.165) is 12.8 Å². The van der Waals surface area contributed by atoms with Gasteiger partial charge in [0.15, 0.2) is 0 Å². The zero-order valence-electron chi connectivity index (χ0n) is 17.2. The van der Waals surface area contributed by atoms with E-state index in [-0.39, 0.29) is 18.1 Å². The highest BCUT2D eigenvalue weighted by Crippen LogP contribution is 2.56. The molecule has 2 aliphatic rings. The third-order valence-electron chi connectivity index (χ3n) is 7.43. The van der Waals surface area contributed by atoms with Gasteiger partial charge in [-0.2, -0.15) is 0 Å². The summed E-state index contributed by atoms with van der Waals surface area (Å²) < 4.78 is 0. The highest BCUT2D eigenvalue weighted by molar-refractivity contribution is 5.05. The summed E-state index contributed by atoms with van der Waals surface area (Å²) in [6.07, 6.45) is 1.60. The van der Waals surface area contributed by atoms with Gasteiger partial charge >= 0.3 is 0 Å². The molecule has 0 spiro atoms. The first-order valence-electron chi connectivity index (χ1n) is 10.4. The highest BCUT2D eigenvalue weighted by atomic mass is 16.3. The van der Waals surface area contributed by atoms with E-state index in [0.29, 0.717) is 53.3 Å². The van der Waals surface area contributed by atoms with Crippen LogP contribution in [0.25, 0.3) is 0 Å². The third kappa shape index (κ3) is 3.56. The van der Waals surface area contributed by atoms with Crippen molar-refractivity contribution in [2.24, 2.45) is 59.2 Å². The summed E-state index contributed by atoms with van der Waals surface area (Å²) in [7, 11) is 0. The first-order chi connectivity index (χ1) is 11.1. The fourth-order valence-corrected chi connectivity index (χ4v) is 7.01. The van der Waals surface area contributed by atoms with Crippen LogP contribution < -0.4 is 0 Å². The molecular formula is C22H42O2. The molecule has 2 heteroatoms. The second-order valence-corrected chi connectivity index (χ2v) is 10.2. The molecule has 2 unspecified atom stereocenters. The lowest BCUT2D eigenvalue weighted by Crippen LogP contribution is -2.40. The standard InChI is InChI=1S/C22H42O2/c1-11(2)18(12(3)4)16-9-15-10-17(19(13(5)6)14(7)8)22(24)20(15)21(16)23/h11-24H,9-10H2,1-8H3/t15?,16-,17-,20?,21?,22?/m1/s1. The molecule has 0 aromatic heterocycles. The normalized spacial score (nSPS) is 37.0. The molecule has 0 heterocycles. The Morgan fingerprint density at radius 1 is 0.583 bits per heavy atom. The average molecular weight is 339 g/mol. The molecule has 0 aromatic rings. The van der Waals surface area contributed by atoms with E-state index < -0.39 is 0 Å². The average Bonchev–Trinajstić information content (AvgIpc) is 2.88. The molecule has 24 heavy (non-hydrogen) atoms. The van der Waals surface area contributed by atoms with Gasteiger partial charge < -0.3 is 10.2 Å². The van der Waals surface area contributed by atoms with E-state index in [9.17, 15) is 10.2 Å². The van der Waals surface area contributed by atoms with Gasteiger partial charge in [-0.3, -0.25) is 0 Å². The molecule has 0 amide bonds. The van der Waals surface area contributed by atoms with Crippen molar-refractivity contribution >= 4 is 0 Å². The van der Waals surface area contributed by atoms with E-state index in [1.54, 1.807) is 0 Å². The van der Waals surface area contributed by atoms with Gasteiger partial charge in [0.1, 0.15) is 0 Å². The van der Waals surface area contributed by atoms with Crippen LogP contribution >= 0.6 is 0 Å². The minimum absolute atomic E-state index is 0.111. The summed E-state index contributed by atoms with van der Waals surface area (Å²) in [6, 6.07) is 0. The van der Waals surface area contributed by atoms with Gasteiger partial charge in [0.05, 0.1) is 12.2 Å². The smallest absolute Gasteiger partial charge is 0.0626 e. The van der Waals surface area contributed by atoms with Crippen molar-refractivity contribution in [2.75, 3.05) is 0 Å². The maximum Gasteiger partial charge on any atom is 0.0626 e. The van der Waals surface area contributed by atoms with Crippen molar-refractivity contribution in [1.82, 2.24) is 0 Å². The van der Waals surface area contributed by atoms with E-state index in [1.807, 2.05) is 0 Å². The lowest BCUT2D eigenvalue weighted by molar-refractivity contribution is -0.0345. The largest absolute Gasteiger partial charge is 0.392 e. The molecule has 2 aliphatic carbocycles. The first-order valence-corrected chi connectivity index (χ1v) is 10.4. The second-order valence-electron chi connectivity index (χ2n) is 10.2. The molecule has 0 saturated heterocycles. The summed E-state index contributed by atoms with van der Waals surface area (Å²) in [5.74, 6) is 4.85. The Hall–Kier alpha value is -0.0800. The van der Waals surface area contributed by atoms with Crippen LogP contribution in [0.5, 0.6) is 0 Å². The maximum absolute atomic E-state index is 11.1. The number of rotatable bonds is 6. The van der Waals surface area contributed by atoms with E-state index in [4.69, 9.17) is 0 Å². The Morgan fingerprint density at radius 2 is 0.875 bits per heavy atom. The van der Waals surface area contributed by atoms with Crippen LogP contribution in [0.1, 0.15) is 68.2 Å². The van der Waals surface area contributed by atoms with Crippen molar-refractivity contribution in [2.45, 2.75) is 80.4 Å². The third-order valence-corrected chi connectivity index (χ3v) is 7.43. The van der Waals surface area contributed by atoms with E-state index in [2.05, 4.69) is 55.4 Å². The Morgan fingerprint density at radius 3 is 1.08 bits per heavy atom. The maximum atomic E-state index is 11.1. The summed E-state index contributed by atoms with van der Waals surface area (Å²) in [6.45, 7) is 18.3. The molecular weight excluding hydrogens is 296 g/mol. The van der Waals surface area contributed by atoms with Crippen LogP contribution in [0, 0.1) is 59.2 Å². The van der Waals surface area contributed by atoms with Crippen molar-refractivity contribution in [3.05, 3.63) is 0 Å². The molecule has 2 fully saturated rings. The van der Waals surface area contributed by atoms with Crippen LogP contribution in [0.3, 0.4) is 0 Å². The van der Waals surface area contributed by atoms with E-state index in [1.165, 1.54) is 0 Å². The summed E-state index contributed by atoms with van der Waals surface area (Å²) in [4.78, 5) is 0. The number of aliphatic hydroxyl groups excluding tert-OH is 2. The lowest BCUT2D eigenvalue weighted by atomic mass is 9.70. The van der Waals surface area contributed by atoms with Crippen molar-refractivity contribution in [1.29, 1.82) is 0 Å². The van der Waals surface area contributed by atoms with Crippen LogP contribution in [0.4, 0.5) is 0 Å². The Balaban J connectivity index is 2.17. The number of hydrogen-bond donors (Lipinski definition) is 2. The minimum atomic E-state index is -0.315. The van der Waals surface area contributed by atoms with Gasteiger partial charge in [0.2, 0.25) is 0 Å². The quantitative estimate of drug-likeness (QED) is 0.728. The van der Waals surface area contributed by atoms with Gasteiger partial charge in [0.25, 0.3) is 0 Å². The van der Waals surface area contributed by atoms with E-state index >= 15 is 0 Å². The second kappa shape index (κ2) is 7.66. The van der Waals surface area contributed by atoms with Crippen molar-refractivity contribution < 1.29 is 10.2 Å². The number of fused-ring (bicyclic) bond motifs is 1. The van der Waals surface area contributed by atoms with Gasteiger partial charge in [-0.15, -0.1) is 0 Å². The zero-order valence-corrected chi connectivity index (χ0v) is 17.2. The highest BCUT2D eigenvalue weighted by Gasteiger charge is 2.56. The Bertz CT molecular complexity index is 349. The first kappa shape index (κ1) is 20.2. The molecule has 0 bridgehead atoms. The summed E-state index contributed by atoms with van der Waals surface area (Å²) in [5.41, 5.74) is 0. The van der Waals surface area contributed by atoms with Gasteiger partial charge in [-0.1, -0.05) is 55.4 Å². The molecule has 0 radical (unpaired) electrons. The predicted molar refractivity (Wildman–Crippen MR) is 102 cm³/mol. The van der Waals surface area contributed by atoms with Crippen LogP contribution in [-0.2, 0) is 0 Å². The van der Waals surface area contributed by atoms with Crippen LogP contribution in [0.2, 0.25) is 0 Å². The predicted octanol–water partition coefficient (Wildman–Crippen LogP) is 4.84. The number of hydrogen-bond acceptors (Lipinski definition) is 2. The molecule has 4 atom stereocenters. The Kier molecular flexibility index (Phi) is 6.46. The number of aliphatic hydroxyl groups is 2. The fourth-order valence-electron chi connectivity index (χ4n) is 7.01. The minimum Gasteiger partial charge on any atom is -0.392 e. The zero-order chi connectivity index (χ0) is 18.3. The fraction of sp³-hybridized carbons (Fsp3) is 1.00. The Labute approximate surface area is 150 Å². The van der Waals surface area contributed by atoms with Crippen molar-refractivity contribution in [3.63, 3.8) is 0 Å². The molecule has 0 aromatic carbocycles. The van der Waals surface area contributed by atoms with Gasteiger partial charge in [-0.25, -0.2) is 0 Å². The summed E-state index contributed by atoms with van der Waals surface area (Å²) in [5, 5.41) is 22.2. The van der Waals surface area contributed by atoms with Crippen LogP contribution in [-0.4, -0.2) is 22.4 Å². The molecule has 142 valence electrons. The van der Waals surface area contributed by atoms with Gasteiger partial charge in [-0.05, 0) is 66.1 Å². The molecule has 0 aliphatic heterocycles.